The number of hydrogen-bond donors (Lipinski definition) is 2. The van der Waals surface area contributed by atoms with Gasteiger partial charge in [0.1, 0.15) is 0 Å². The van der Waals surface area contributed by atoms with E-state index in [1.54, 1.807) is 0 Å². The Labute approximate surface area is 207 Å². The number of rotatable bonds is 6. The van der Waals surface area contributed by atoms with E-state index in [4.69, 9.17) is 0 Å². The molecule has 0 spiro atoms. The van der Waals surface area contributed by atoms with Gasteiger partial charge in [0, 0.05) is 30.7 Å². The third kappa shape index (κ3) is 5.23. The van der Waals surface area contributed by atoms with Crippen molar-refractivity contribution >= 4 is 22.6 Å². The molecule has 2 aliphatic rings. The van der Waals surface area contributed by atoms with E-state index in [1.807, 2.05) is 29.2 Å². The Morgan fingerprint density at radius 1 is 0.944 bits per heavy atom. The number of piperidine rings is 1. The first-order valence-corrected chi connectivity index (χ1v) is 12.3. The van der Waals surface area contributed by atoms with Crippen LogP contribution in [0.25, 0.3) is 10.8 Å². The number of nitrogens with zero attached hydrogens (tertiary/aromatic N) is 1. The van der Waals surface area contributed by atoms with Gasteiger partial charge in [-0.15, -0.1) is 0 Å². The van der Waals surface area contributed by atoms with Crippen LogP contribution in [0.1, 0.15) is 40.7 Å². The van der Waals surface area contributed by atoms with Crippen LogP contribution in [0.15, 0.2) is 66.7 Å². The highest BCUT2D eigenvalue weighted by Crippen LogP contribution is 2.33. The molecular formula is C28H28F3N3O2. The summed E-state index contributed by atoms with van der Waals surface area (Å²) in [6, 6.07) is 18.1. The van der Waals surface area contributed by atoms with Gasteiger partial charge in [0.05, 0.1) is 11.5 Å². The Balaban J connectivity index is 1.33. The van der Waals surface area contributed by atoms with E-state index in [2.05, 4.69) is 28.8 Å². The van der Waals surface area contributed by atoms with Crippen molar-refractivity contribution in [3.05, 3.63) is 83.4 Å². The molecule has 1 saturated carbocycles. The summed E-state index contributed by atoms with van der Waals surface area (Å²) in [5.41, 5.74) is 0.424. The second kappa shape index (κ2) is 9.93. The molecule has 2 atom stereocenters. The summed E-state index contributed by atoms with van der Waals surface area (Å²) in [4.78, 5) is 28.6. The van der Waals surface area contributed by atoms with Crippen molar-refractivity contribution in [2.45, 2.75) is 44.1 Å². The number of alkyl halides is 3. The van der Waals surface area contributed by atoms with Gasteiger partial charge < -0.3 is 15.5 Å². The maximum absolute atomic E-state index is 13.8. The van der Waals surface area contributed by atoms with Crippen molar-refractivity contribution in [3.8, 4) is 0 Å². The zero-order chi connectivity index (χ0) is 25.3. The van der Waals surface area contributed by atoms with Crippen LogP contribution in [0.3, 0.4) is 0 Å². The van der Waals surface area contributed by atoms with Crippen LogP contribution >= 0.6 is 0 Å². The number of carbonyl (C=O) groups excluding carboxylic acids is 2. The topological polar surface area (TPSA) is 61.4 Å². The summed E-state index contributed by atoms with van der Waals surface area (Å²) >= 11 is 0. The first-order valence-electron chi connectivity index (χ1n) is 12.3. The molecule has 1 saturated heterocycles. The Morgan fingerprint density at radius 2 is 1.67 bits per heavy atom. The zero-order valence-corrected chi connectivity index (χ0v) is 19.7. The molecule has 36 heavy (non-hydrogen) atoms. The summed E-state index contributed by atoms with van der Waals surface area (Å²) in [6.45, 7) is 1.59. The molecule has 2 fully saturated rings. The van der Waals surface area contributed by atoms with Gasteiger partial charge in [0.2, 0.25) is 5.91 Å². The van der Waals surface area contributed by atoms with Gasteiger partial charge in [-0.2, -0.15) is 13.2 Å². The SMILES string of the molecule is O=C(NC1CCNCC1C(=O)N(Cc1cccc2ccccc12)C1CC1)c1ccc(C(F)(F)F)cc1. The molecule has 1 aliphatic carbocycles. The predicted molar refractivity (Wildman–Crippen MR) is 131 cm³/mol. The molecule has 2 unspecified atom stereocenters. The zero-order valence-electron chi connectivity index (χ0n) is 19.7. The van der Waals surface area contributed by atoms with E-state index in [-0.39, 0.29) is 17.5 Å². The molecule has 2 N–H and O–H groups in total. The van der Waals surface area contributed by atoms with Crippen LogP contribution in [0.2, 0.25) is 0 Å². The minimum absolute atomic E-state index is 0.00430. The highest BCUT2D eigenvalue weighted by Gasteiger charge is 2.40. The molecule has 0 bridgehead atoms. The molecule has 8 heteroatoms. The second-order valence-corrected chi connectivity index (χ2v) is 9.59. The molecule has 0 aromatic heterocycles. The van der Waals surface area contributed by atoms with Gasteiger partial charge >= 0.3 is 6.18 Å². The maximum Gasteiger partial charge on any atom is 0.416 e. The van der Waals surface area contributed by atoms with Crippen LogP contribution in [-0.2, 0) is 17.5 Å². The van der Waals surface area contributed by atoms with E-state index in [9.17, 15) is 22.8 Å². The monoisotopic (exact) mass is 495 g/mol. The molecule has 1 aliphatic heterocycles. The van der Waals surface area contributed by atoms with Gasteiger partial charge in [-0.3, -0.25) is 9.59 Å². The number of fused-ring (bicyclic) bond motifs is 1. The van der Waals surface area contributed by atoms with Crippen molar-refractivity contribution in [1.29, 1.82) is 0 Å². The van der Waals surface area contributed by atoms with Crippen LogP contribution in [0.5, 0.6) is 0 Å². The average molecular weight is 496 g/mol. The number of benzene rings is 3. The fraction of sp³-hybridized carbons (Fsp3) is 0.357. The molecule has 3 aromatic rings. The Bertz CT molecular complexity index is 1250. The lowest BCUT2D eigenvalue weighted by atomic mass is 9.91. The first-order chi connectivity index (χ1) is 17.3. The lowest BCUT2D eigenvalue weighted by Crippen LogP contribution is -2.55. The van der Waals surface area contributed by atoms with Crippen molar-refractivity contribution in [2.75, 3.05) is 13.1 Å². The third-order valence-electron chi connectivity index (χ3n) is 7.08. The van der Waals surface area contributed by atoms with Crippen molar-refractivity contribution in [3.63, 3.8) is 0 Å². The Morgan fingerprint density at radius 3 is 2.39 bits per heavy atom. The van der Waals surface area contributed by atoms with Gasteiger partial charge in [-0.25, -0.2) is 0 Å². The summed E-state index contributed by atoms with van der Waals surface area (Å²) < 4.78 is 38.6. The minimum atomic E-state index is -4.46. The fourth-order valence-corrected chi connectivity index (χ4v) is 4.95. The number of amides is 2. The van der Waals surface area contributed by atoms with Crippen LogP contribution < -0.4 is 10.6 Å². The van der Waals surface area contributed by atoms with Crippen molar-refractivity contribution in [2.24, 2.45) is 5.92 Å². The molecule has 5 rings (SSSR count). The molecule has 5 nitrogen and oxygen atoms in total. The Hall–Kier alpha value is -3.39. The van der Waals surface area contributed by atoms with E-state index < -0.39 is 29.6 Å². The minimum Gasteiger partial charge on any atom is -0.348 e. The number of carbonyl (C=O) groups is 2. The molecule has 188 valence electrons. The van der Waals surface area contributed by atoms with Crippen molar-refractivity contribution in [1.82, 2.24) is 15.5 Å². The van der Waals surface area contributed by atoms with E-state index in [0.29, 0.717) is 26.1 Å². The van der Waals surface area contributed by atoms with Gasteiger partial charge in [-0.05, 0) is 66.4 Å². The molecule has 0 radical (unpaired) electrons. The van der Waals surface area contributed by atoms with Crippen LogP contribution in [0.4, 0.5) is 13.2 Å². The smallest absolute Gasteiger partial charge is 0.348 e. The second-order valence-electron chi connectivity index (χ2n) is 9.59. The standard InChI is InChI=1S/C28H28F3N3O2/c29-28(30,31)21-10-8-19(9-11-21)26(35)33-25-14-15-32-16-24(25)27(36)34(22-12-13-22)17-20-6-3-5-18-4-1-2-7-23(18)20/h1-11,22,24-25,32H,12-17H2,(H,33,35). The Kier molecular flexibility index (Phi) is 6.71. The highest BCUT2D eigenvalue weighted by molar-refractivity contribution is 5.95. The van der Waals surface area contributed by atoms with Gasteiger partial charge in [0.15, 0.2) is 0 Å². The lowest BCUT2D eigenvalue weighted by Gasteiger charge is -2.36. The third-order valence-corrected chi connectivity index (χ3v) is 7.08. The molecule has 2 amide bonds. The summed E-state index contributed by atoms with van der Waals surface area (Å²) in [7, 11) is 0. The first kappa shape index (κ1) is 24.3. The molecule has 3 aromatic carbocycles. The lowest BCUT2D eigenvalue weighted by molar-refractivity contribution is -0.138. The largest absolute Gasteiger partial charge is 0.416 e. The van der Waals surface area contributed by atoms with E-state index in [1.165, 1.54) is 12.1 Å². The normalized spacial score (nSPS) is 20.2. The number of hydrogen-bond acceptors (Lipinski definition) is 3. The maximum atomic E-state index is 13.8. The van der Waals surface area contributed by atoms with E-state index >= 15 is 0 Å². The van der Waals surface area contributed by atoms with E-state index in [0.717, 1.165) is 41.3 Å². The number of nitrogens with one attached hydrogen (secondary N) is 2. The van der Waals surface area contributed by atoms with Gasteiger partial charge in [0.25, 0.3) is 5.91 Å². The van der Waals surface area contributed by atoms with Crippen LogP contribution in [0, 0.1) is 5.92 Å². The molecule has 1 heterocycles. The quantitative estimate of drug-likeness (QED) is 0.519. The fourth-order valence-electron chi connectivity index (χ4n) is 4.95. The van der Waals surface area contributed by atoms with Gasteiger partial charge in [-0.1, -0.05) is 42.5 Å². The number of halogens is 3. The highest BCUT2D eigenvalue weighted by atomic mass is 19.4. The van der Waals surface area contributed by atoms with Crippen LogP contribution in [-0.4, -0.2) is 41.9 Å². The predicted octanol–water partition coefficient (Wildman–Crippen LogP) is 4.76. The molecular weight excluding hydrogens is 467 g/mol. The average Bonchev–Trinajstić information content (AvgIpc) is 3.72. The summed E-state index contributed by atoms with van der Waals surface area (Å²) in [5.74, 6) is -0.927. The summed E-state index contributed by atoms with van der Waals surface area (Å²) in [5, 5.41) is 8.43. The summed E-state index contributed by atoms with van der Waals surface area (Å²) in [6.07, 6.45) is -1.98. The van der Waals surface area contributed by atoms with Crippen molar-refractivity contribution < 1.29 is 22.8 Å².